The van der Waals surface area contributed by atoms with Crippen LogP contribution in [0.5, 0.6) is 0 Å². The van der Waals surface area contributed by atoms with E-state index in [0.717, 1.165) is 38.6 Å². The average molecular weight is 458 g/mol. The minimum Gasteiger partial charge on any atom is -0.282 e. The summed E-state index contributed by atoms with van der Waals surface area (Å²) in [7, 11) is 0. The molecule has 32 heavy (non-hydrogen) atoms. The van der Waals surface area contributed by atoms with Gasteiger partial charge in [-0.05, 0) is 42.2 Å². The molecule has 0 unspecified atom stereocenters. The number of aromatic nitrogens is 3. The summed E-state index contributed by atoms with van der Waals surface area (Å²) in [6, 6.07) is 20.8. The molecule has 0 saturated heterocycles. The lowest BCUT2D eigenvalue weighted by Crippen LogP contribution is -2.23. The molecule has 0 fully saturated rings. The van der Waals surface area contributed by atoms with Crippen LogP contribution < -0.4 is 5.56 Å². The van der Waals surface area contributed by atoms with Crippen LogP contribution >= 0.6 is 23.1 Å². The third kappa shape index (κ3) is 4.08. The van der Waals surface area contributed by atoms with Gasteiger partial charge in [-0.3, -0.25) is 9.36 Å². The summed E-state index contributed by atoms with van der Waals surface area (Å²) in [5.74, 6) is 0.759. The fourth-order valence-electron chi connectivity index (χ4n) is 3.80. The number of rotatable bonds is 6. The molecule has 5 rings (SSSR count). The summed E-state index contributed by atoms with van der Waals surface area (Å²) in [4.78, 5) is 23.9. The Morgan fingerprint density at radius 3 is 2.59 bits per heavy atom. The normalized spacial score (nSPS) is 11.4. The first-order valence-corrected chi connectivity index (χ1v) is 12.5. The van der Waals surface area contributed by atoms with Crippen molar-refractivity contribution in [2.24, 2.45) is 0 Å². The highest BCUT2D eigenvalue weighted by Gasteiger charge is 2.17. The predicted molar refractivity (Wildman–Crippen MR) is 135 cm³/mol. The van der Waals surface area contributed by atoms with Crippen molar-refractivity contribution in [3.05, 3.63) is 99.5 Å². The van der Waals surface area contributed by atoms with Crippen molar-refractivity contribution in [1.82, 2.24) is 14.5 Å². The molecule has 0 radical (unpaired) electrons. The van der Waals surface area contributed by atoms with Gasteiger partial charge in [0.05, 0.1) is 12.1 Å². The molecular formula is C26H23N3OS2. The number of hydrogen-bond donors (Lipinski definition) is 0. The van der Waals surface area contributed by atoms with E-state index in [1.807, 2.05) is 16.7 Å². The van der Waals surface area contributed by atoms with E-state index in [1.165, 1.54) is 28.0 Å². The highest BCUT2D eigenvalue weighted by molar-refractivity contribution is 7.98. The molecule has 0 amide bonds. The Kier molecular flexibility index (Phi) is 5.81. The average Bonchev–Trinajstić information content (AvgIpc) is 3.19. The van der Waals surface area contributed by atoms with Crippen molar-refractivity contribution in [2.75, 3.05) is 0 Å². The van der Waals surface area contributed by atoms with Gasteiger partial charge in [0.25, 0.3) is 5.56 Å². The summed E-state index contributed by atoms with van der Waals surface area (Å²) in [5.41, 5.74) is 5.60. The fourth-order valence-corrected chi connectivity index (χ4v) is 5.77. The second-order valence-corrected chi connectivity index (χ2v) is 9.81. The highest BCUT2D eigenvalue weighted by atomic mass is 32.2. The van der Waals surface area contributed by atoms with E-state index >= 15 is 0 Å². The number of thiophene rings is 1. The minimum absolute atomic E-state index is 0.00399. The maximum absolute atomic E-state index is 13.6. The molecule has 0 saturated carbocycles. The van der Waals surface area contributed by atoms with Crippen LogP contribution in [-0.2, 0) is 18.7 Å². The van der Waals surface area contributed by atoms with E-state index in [4.69, 9.17) is 4.98 Å². The van der Waals surface area contributed by atoms with Crippen LogP contribution in [0.25, 0.3) is 20.4 Å². The second-order valence-electron chi connectivity index (χ2n) is 7.87. The molecule has 4 nitrogen and oxygen atoms in total. The second kappa shape index (κ2) is 8.88. The van der Waals surface area contributed by atoms with Crippen molar-refractivity contribution in [1.29, 1.82) is 0 Å². The molecule has 3 heterocycles. The van der Waals surface area contributed by atoms with E-state index in [9.17, 15) is 4.79 Å². The molecule has 5 aromatic rings. The molecule has 0 bridgehead atoms. The van der Waals surface area contributed by atoms with Crippen molar-refractivity contribution in [3.8, 4) is 0 Å². The molecule has 160 valence electrons. The quantitative estimate of drug-likeness (QED) is 0.224. The molecule has 0 atom stereocenters. The van der Waals surface area contributed by atoms with Crippen LogP contribution in [0.15, 0.2) is 76.8 Å². The van der Waals surface area contributed by atoms with Gasteiger partial charge in [0.2, 0.25) is 0 Å². The van der Waals surface area contributed by atoms with Gasteiger partial charge < -0.3 is 0 Å². The van der Waals surface area contributed by atoms with Gasteiger partial charge in [0.1, 0.15) is 9.53 Å². The lowest BCUT2D eigenvalue weighted by molar-refractivity contribution is 0.659. The van der Waals surface area contributed by atoms with E-state index in [0.29, 0.717) is 11.2 Å². The summed E-state index contributed by atoms with van der Waals surface area (Å²) in [6.07, 6.45) is 2.76. The smallest absolute Gasteiger partial charge is 0.272 e. The Morgan fingerprint density at radius 2 is 1.81 bits per heavy atom. The van der Waals surface area contributed by atoms with Crippen molar-refractivity contribution in [2.45, 2.75) is 37.7 Å². The van der Waals surface area contributed by atoms with E-state index < -0.39 is 0 Å². The lowest BCUT2D eigenvalue weighted by atomic mass is 10.1. The van der Waals surface area contributed by atoms with E-state index in [-0.39, 0.29) is 5.56 Å². The van der Waals surface area contributed by atoms with Crippen LogP contribution in [-0.4, -0.2) is 14.5 Å². The summed E-state index contributed by atoms with van der Waals surface area (Å²) < 4.78 is 2.49. The van der Waals surface area contributed by atoms with Crippen LogP contribution in [0.1, 0.15) is 29.2 Å². The standard InChI is InChI=1S/C26H23N3OS2/c1-3-18-9-11-19(12-10-18)15-29-25(30)23-22(21-8-5-13-27-24(21)32-23)28-26(29)31-16-20-7-4-6-17(2)14-20/h4-14H,3,15-16H2,1-2H3. The molecule has 6 heteroatoms. The number of thioether (sulfide) groups is 1. The largest absolute Gasteiger partial charge is 0.282 e. The van der Waals surface area contributed by atoms with E-state index in [1.54, 1.807) is 18.0 Å². The van der Waals surface area contributed by atoms with Crippen molar-refractivity contribution in [3.63, 3.8) is 0 Å². The molecule has 0 N–H and O–H groups in total. The zero-order valence-corrected chi connectivity index (χ0v) is 19.7. The predicted octanol–water partition coefficient (Wildman–Crippen LogP) is 6.22. The topological polar surface area (TPSA) is 47.8 Å². The van der Waals surface area contributed by atoms with Gasteiger partial charge in [-0.25, -0.2) is 9.97 Å². The fraction of sp³-hybridized carbons (Fsp3) is 0.192. The first-order valence-electron chi connectivity index (χ1n) is 10.7. The number of pyridine rings is 1. The minimum atomic E-state index is 0.00399. The maximum Gasteiger partial charge on any atom is 0.272 e. The lowest BCUT2D eigenvalue weighted by Gasteiger charge is -2.13. The van der Waals surface area contributed by atoms with Gasteiger partial charge in [0.15, 0.2) is 5.16 Å². The number of nitrogens with zero attached hydrogens (tertiary/aromatic N) is 3. The molecule has 0 spiro atoms. The molecule has 0 aliphatic carbocycles. The third-order valence-electron chi connectivity index (χ3n) is 5.54. The van der Waals surface area contributed by atoms with Gasteiger partial charge in [-0.15, -0.1) is 11.3 Å². The molecular weight excluding hydrogens is 434 g/mol. The summed E-state index contributed by atoms with van der Waals surface area (Å²) in [5, 5.41) is 1.69. The number of hydrogen-bond acceptors (Lipinski definition) is 5. The van der Waals surface area contributed by atoms with Gasteiger partial charge in [0, 0.05) is 17.3 Å². The maximum atomic E-state index is 13.6. The zero-order valence-electron chi connectivity index (χ0n) is 18.0. The Morgan fingerprint density at radius 1 is 1.00 bits per heavy atom. The Labute approximate surface area is 195 Å². The summed E-state index contributed by atoms with van der Waals surface area (Å²) >= 11 is 3.04. The van der Waals surface area contributed by atoms with E-state index in [2.05, 4.69) is 67.4 Å². The van der Waals surface area contributed by atoms with Gasteiger partial charge in [-0.2, -0.15) is 0 Å². The molecule has 3 aromatic heterocycles. The van der Waals surface area contributed by atoms with Gasteiger partial charge >= 0.3 is 0 Å². The number of benzene rings is 2. The molecule has 2 aromatic carbocycles. The Balaban J connectivity index is 1.61. The van der Waals surface area contributed by atoms with Crippen molar-refractivity contribution < 1.29 is 0 Å². The highest BCUT2D eigenvalue weighted by Crippen LogP contribution is 2.31. The SMILES string of the molecule is CCc1ccc(Cn2c(SCc3cccc(C)c3)nc3c(sc4ncccc43)c2=O)cc1. The number of aryl methyl sites for hydroxylation is 2. The van der Waals surface area contributed by atoms with Crippen LogP contribution in [0, 0.1) is 6.92 Å². The zero-order chi connectivity index (χ0) is 22.1. The first kappa shape index (κ1) is 20.9. The first-order chi connectivity index (χ1) is 15.6. The van der Waals surface area contributed by atoms with Crippen LogP contribution in [0.2, 0.25) is 0 Å². The van der Waals surface area contributed by atoms with Crippen LogP contribution in [0.4, 0.5) is 0 Å². The van der Waals surface area contributed by atoms with Crippen molar-refractivity contribution >= 4 is 43.5 Å². The third-order valence-corrected chi connectivity index (χ3v) is 7.68. The Hall–Kier alpha value is -2.96. The Bertz CT molecular complexity index is 1470. The molecule has 0 aliphatic heterocycles. The number of fused-ring (bicyclic) bond motifs is 3. The monoisotopic (exact) mass is 457 g/mol. The van der Waals surface area contributed by atoms with Crippen LogP contribution in [0.3, 0.4) is 0 Å². The van der Waals surface area contributed by atoms with Gasteiger partial charge in [-0.1, -0.05) is 72.8 Å². The molecule has 0 aliphatic rings. The summed E-state index contributed by atoms with van der Waals surface area (Å²) in [6.45, 7) is 4.75.